The van der Waals surface area contributed by atoms with E-state index in [1.165, 1.54) is 17.4 Å². The fourth-order valence-corrected chi connectivity index (χ4v) is 2.52. The van der Waals surface area contributed by atoms with Crippen LogP contribution in [0.25, 0.3) is 0 Å². The highest BCUT2D eigenvalue weighted by Crippen LogP contribution is 2.31. The van der Waals surface area contributed by atoms with Gasteiger partial charge in [0.15, 0.2) is 5.13 Å². The summed E-state index contributed by atoms with van der Waals surface area (Å²) in [5, 5.41) is 3.20. The number of hydrogen-bond acceptors (Lipinski definition) is 5. The second-order valence-electron chi connectivity index (χ2n) is 4.24. The number of nitrogens with zero attached hydrogens (tertiary/aromatic N) is 2. The Kier molecular flexibility index (Phi) is 4.15. The maximum atomic E-state index is 12.7. The molecule has 21 heavy (non-hydrogen) atoms. The van der Waals surface area contributed by atoms with Crippen molar-refractivity contribution in [3.63, 3.8) is 0 Å². The Morgan fingerprint density at radius 3 is 2.43 bits per heavy atom. The molecule has 2 rings (SSSR count). The molecule has 0 atom stereocenters. The Balaban J connectivity index is 2.46. The van der Waals surface area contributed by atoms with Gasteiger partial charge in [0.25, 0.3) is 0 Å². The first-order chi connectivity index (χ1) is 9.68. The Labute approximate surface area is 128 Å². The Morgan fingerprint density at radius 1 is 1.29 bits per heavy atom. The summed E-state index contributed by atoms with van der Waals surface area (Å²) in [6.45, 7) is 3.68. The van der Waals surface area contributed by atoms with Crippen LogP contribution in [0.5, 0.6) is 0 Å². The minimum atomic E-state index is -4.54. The zero-order valence-corrected chi connectivity index (χ0v) is 12.7. The molecule has 0 aromatic carbocycles. The third kappa shape index (κ3) is 3.48. The Hall–Kier alpha value is -1.74. The number of thiocarbonyl (C=S) groups is 1. The quantitative estimate of drug-likeness (QED) is 0.842. The number of alkyl halides is 3. The first-order valence-corrected chi connectivity index (χ1v) is 7.00. The summed E-state index contributed by atoms with van der Waals surface area (Å²) < 4.78 is 38.2. The van der Waals surface area contributed by atoms with Crippen LogP contribution >= 0.6 is 23.6 Å². The zero-order chi connectivity index (χ0) is 15.8. The zero-order valence-electron chi connectivity index (χ0n) is 11.1. The van der Waals surface area contributed by atoms with Crippen molar-refractivity contribution < 1.29 is 13.2 Å². The summed E-state index contributed by atoms with van der Waals surface area (Å²) in [4.78, 5) is 8.68. The molecule has 0 aliphatic rings. The van der Waals surface area contributed by atoms with Gasteiger partial charge in [-0.15, -0.1) is 11.3 Å². The van der Waals surface area contributed by atoms with Gasteiger partial charge in [0, 0.05) is 4.88 Å². The molecule has 4 nitrogen and oxygen atoms in total. The third-order valence-electron chi connectivity index (χ3n) is 2.71. The number of hydrogen-bond donors (Lipinski definition) is 2. The lowest BCUT2D eigenvalue weighted by molar-refractivity contribution is -0.141. The van der Waals surface area contributed by atoms with Gasteiger partial charge in [-0.05, 0) is 26.0 Å². The number of aryl methyl sites for hydroxylation is 2. The van der Waals surface area contributed by atoms with E-state index in [9.17, 15) is 13.2 Å². The van der Waals surface area contributed by atoms with E-state index in [-0.39, 0.29) is 16.4 Å². The van der Waals surface area contributed by atoms with Crippen molar-refractivity contribution in [2.45, 2.75) is 20.0 Å². The topological polar surface area (TPSA) is 63.8 Å². The van der Waals surface area contributed by atoms with Crippen LogP contribution < -0.4 is 11.1 Å². The second-order valence-corrected chi connectivity index (χ2v) is 5.88. The van der Waals surface area contributed by atoms with E-state index in [1.807, 2.05) is 13.8 Å². The minimum absolute atomic E-state index is 0.0382. The van der Waals surface area contributed by atoms with Crippen molar-refractivity contribution in [1.82, 2.24) is 9.97 Å². The van der Waals surface area contributed by atoms with Crippen molar-refractivity contribution in [2.75, 3.05) is 5.32 Å². The van der Waals surface area contributed by atoms with Gasteiger partial charge in [-0.2, -0.15) is 13.2 Å². The van der Waals surface area contributed by atoms with Crippen LogP contribution in [0.3, 0.4) is 0 Å². The maximum absolute atomic E-state index is 12.7. The monoisotopic (exact) mass is 332 g/mol. The molecule has 0 spiro atoms. The lowest BCUT2D eigenvalue weighted by Crippen LogP contribution is -2.16. The van der Waals surface area contributed by atoms with E-state index in [0.717, 1.165) is 16.6 Å². The summed E-state index contributed by atoms with van der Waals surface area (Å²) in [5.74, 6) is -0.0499. The number of rotatable bonds is 3. The third-order valence-corrected chi connectivity index (χ3v) is 3.91. The highest BCUT2D eigenvalue weighted by molar-refractivity contribution is 7.80. The highest BCUT2D eigenvalue weighted by atomic mass is 32.1. The minimum Gasteiger partial charge on any atom is -0.389 e. The van der Waals surface area contributed by atoms with Crippen molar-refractivity contribution in [2.24, 2.45) is 5.73 Å². The Morgan fingerprint density at radius 2 is 1.95 bits per heavy atom. The smallest absolute Gasteiger partial charge is 0.389 e. The molecule has 0 aliphatic carbocycles. The van der Waals surface area contributed by atoms with Crippen LogP contribution in [-0.2, 0) is 6.18 Å². The second kappa shape index (κ2) is 5.57. The fourth-order valence-electron chi connectivity index (χ4n) is 1.54. The Bertz CT molecular complexity index is 675. The van der Waals surface area contributed by atoms with Crippen LogP contribution in [-0.4, -0.2) is 15.0 Å². The van der Waals surface area contributed by atoms with Crippen molar-refractivity contribution in [3.8, 4) is 0 Å². The summed E-state index contributed by atoms with van der Waals surface area (Å²) in [6.07, 6.45) is -4.54. The molecular formula is C12H11F3N4S2. The van der Waals surface area contributed by atoms with Crippen molar-refractivity contribution in [3.05, 3.63) is 34.0 Å². The van der Waals surface area contributed by atoms with E-state index in [0.29, 0.717) is 5.13 Å². The van der Waals surface area contributed by atoms with E-state index >= 15 is 0 Å². The summed E-state index contributed by atoms with van der Waals surface area (Å²) >= 11 is 6.15. The maximum Gasteiger partial charge on any atom is 0.433 e. The predicted octanol–water partition coefficient (Wildman–Crippen LogP) is 3.55. The van der Waals surface area contributed by atoms with Crippen LogP contribution in [0.2, 0.25) is 0 Å². The normalized spacial score (nSPS) is 11.5. The molecule has 0 bridgehead atoms. The number of nitrogens with two attached hydrogens (primary N) is 1. The molecule has 0 radical (unpaired) electrons. The number of pyridine rings is 1. The summed E-state index contributed by atoms with van der Waals surface area (Å²) in [6, 6.07) is 2.05. The molecule has 0 saturated heterocycles. The van der Waals surface area contributed by atoms with Gasteiger partial charge >= 0.3 is 6.18 Å². The molecule has 0 unspecified atom stereocenters. The molecule has 9 heteroatoms. The summed E-state index contributed by atoms with van der Waals surface area (Å²) in [7, 11) is 0. The first-order valence-electron chi connectivity index (χ1n) is 5.77. The average Bonchev–Trinajstić information content (AvgIpc) is 2.66. The standard InChI is InChI=1S/C12H11F3N4S2/c1-5-6(2)21-11(17-5)19-10-7(9(16)20)3-4-8(18-10)12(13,14)15/h3-4H,1-2H3,(H2,16,20)(H,17,18,19). The molecule has 2 heterocycles. The van der Waals surface area contributed by atoms with Gasteiger partial charge in [0.05, 0.1) is 11.3 Å². The lowest BCUT2D eigenvalue weighted by Gasteiger charge is -2.12. The number of nitrogens with one attached hydrogen (secondary N) is 1. The van der Waals surface area contributed by atoms with Gasteiger partial charge in [-0.1, -0.05) is 12.2 Å². The van der Waals surface area contributed by atoms with Crippen molar-refractivity contribution >= 4 is 39.5 Å². The SMILES string of the molecule is Cc1nc(Nc2nc(C(F)(F)F)ccc2C(N)=S)sc1C. The van der Waals surface area contributed by atoms with E-state index in [4.69, 9.17) is 18.0 Å². The first kappa shape index (κ1) is 15.6. The number of anilines is 2. The van der Waals surface area contributed by atoms with Crippen LogP contribution in [0.1, 0.15) is 21.8 Å². The van der Waals surface area contributed by atoms with E-state index in [2.05, 4.69) is 15.3 Å². The van der Waals surface area contributed by atoms with Crippen LogP contribution in [0.4, 0.5) is 24.1 Å². The molecule has 0 amide bonds. The lowest BCUT2D eigenvalue weighted by atomic mass is 10.2. The summed E-state index contributed by atoms with van der Waals surface area (Å²) in [5.41, 5.74) is 5.53. The van der Waals surface area contributed by atoms with Gasteiger partial charge < -0.3 is 11.1 Å². The molecule has 0 aliphatic heterocycles. The molecular weight excluding hydrogens is 321 g/mol. The van der Waals surface area contributed by atoms with Gasteiger partial charge in [-0.3, -0.25) is 0 Å². The fraction of sp³-hybridized carbons (Fsp3) is 0.250. The molecule has 2 aromatic heterocycles. The van der Waals surface area contributed by atoms with E-state index in [1.54, 1.807) is 0 Å². The number of thiazole rings is 1. The number of aromatic nitrogens is 2. The molecule has 2 aromatic rings. The van der Waals surface area contributed by atoms with Crippen LogP contribution in [0.15, 0.2) is 12.1 Å². The predicted molar refractivity (Wildman–Crippen MR) is 80.0 cm³/mol. The molecule has 3 N–H and O–H groups in total. The molecule has 0 saturated carbocycles. The van der Waals surface area contributed by atoms with Gasteiger partial charge in [-0.25, -0.2) is 9.97 Å². The van der Waals surface area contributed by atoms with Crippen LogP contribution in [0, 0.1) is 13.8 Å². The van der Waals surface area contributed by atoms with Crippen molar-refractivity contribution in [1.29, 1.82) is 0 Å². The molecule has 112 valence electrons. The molecule has 0 fully saturated rings. The van der Waals surface area contributed by atoms with Gasteiger partial charge in [0.2, 0.25) is 0 Å². The highest BCUT2D eigenvalue weighted by Gasteiger charge is 2.33. The van der Waals surface area contributed by atoms with E-state index < -0.39 is 11.9 Å². The van der Waals surface area contributed by atoms with Gasteiger partial charge in [0.1, 0.15) is 16.5 Å². The largest absolute Gasteiger partial charge is 0.433 e. The number of halogens is 3. The average molecular weight is 332 g/mol.